The predicted molar refractivity (Wildman–Crippen MR) is 127 cm³/mol. The topological polar surface area (TPSA) is 91.4 Å². The summed E-state index contributed by atoms with van der Waals surface area (Å²) >= 11 is 7.14. The van der Waals surface area contributed by atoms with E-state index >= 15 is 0 Å². The van der Waals surface area contributed by atoms with E-state index < -0.39 is 40.8 Å². The van der Waals surface area contributed by atoms with E-state index in [1.54, 1.807) is 6.92 Å². The Bertz CT molecular complexity index is 1390. The van der Waals surface area contributed by atoms with Crippen molar-refractivity contribution >= 4 is 55.9 Å². The van der Waals surface area contributed by atoms with Crippen molar-refractivity contribution < 1.29 is 26.4 Å². The van der Waals surface area contributed by atoms with Gasteiger partial charge in [0.05, 0.1) is 41.8 Å². The van der Waals surface area contributed by atoms with Crippen molar-refractivity contribution in [3.63, 3.8) is 0 Å². The number of halogens is 4. The molecule has 1 aliphatic rings. The van der Waals surface area contributed by atoms with Gasteiger partial charge < -0.3 is 10.2 Å². The number of aryl methyl sites for hydroxylation is 1. The number of aromatic nitrogens is 1. The van der Waals surface area contributed by atoms with Crippen LogP contribution in [-0.2, 0) is 10.0 Å². The van der Waals surface area contributed by atoms with Gasteiger partial charge >= 0.3 is 0 Å². The number of hydrogen-bond donors (Lipinski definition) is 2. The maximum absolute atomic E-state index is 14.8. The molecule has 0 unspecified atom stereocenters. The van der Waals surface area contributed by atoms with E-state index in [4.69, 9.17) is 11.6 Å². The molecule has 3 aromatic rings. The Morgan fingerprint density at radius 1 is 1.18 bits per heavy atom. The molecule has 0 bridgehead atoms. The highest BCUT2D eigenvalue weighted by atomic mass is 35.5. The highest BCUT2D eigenvalue weighted by Crippen LogP contribution is 2.36. The van der Waals surface area contributed by atoms with Crippen molar-refractivity contribution in [2.45, 2.75) is 12.8 Å². The van der Waals surface area contributed by atoms with Crippen LogP contribution in [0.25, 0.3) is 11.3 Å². The third-order valence-electron chi connectivity index (χ3n) is 4.89. The first kappa shape index (κ1) is 24.3. The van der Waals surface area contributed by atoms with E-state index in [1.165, 1.54) is 35.4 Å². The number of carbonyl (C=O) groups excluding carboxylic acids is 1. The van der Waals surface area contributed by atoms with Crippen LogP contribution in [0.4, 0.5) is 30.2 Å². The van der Waals surface area contributed by atoms with Crippen molar-refractivity contribution in [3.8, 4) is 11.3 Å². The molecule has 0 atom stereocenters. The summed E-state index contributed by atoms with van der Waals surface area (Å²) in [5, 5.41) is 2.85. The fourth-order valence-corrected chi connectivity index (χ4v) is 5.15. The van der Waals surface area contributed by atoms with Crippen LogP contribution in [0.1, 0.15) is 14.5 Å². The Morgan fingerprint density at radius 2 is 1.85 bits per heavy atom. The van der Waals surface area contributed by atoms with Crippen molar-refractivity contribution in [3.05, 3.63) is 57.1 Å². The lowest BCUT2D eigenvalue weighted by Gasteiger charge is -2.40. The summed E-state index contributed by atoms with van der Waals surface area (Å²) in [6, 6.07) is 6.89. The minimum atomic E-state index is -3.54. The van der Waals surface area contributed by atoms with Crippen LogP contribution in [0.2, 0.25) is 5.02 Å². The van der Waals surface area contributed by atoms with Gasteiger partial charge in [-0.15, -0.1) is 11.3 Å². The van der Waals surface area contributed by atoms with Crippen LogP contribution in [0.3, 0.4) is 0 Å². The molecule has 4 rings (SSSR count). The second-order valence-corrected chi connectivity index (χ2v) is 11.3. The van der Waals surface area contributed by atoms with E-state index in [-0.39, 0.29) is 32.7 Å². The van der Waals surface area contributed by atoms with Crippen molar-refractivity contribution in [1.82, 2.24) is 4.98 Å². The number of nitrogens with one attached hydrogen (secondary N) is 2. The van der Waals surface area contributed by atoms with Crippen molar-refractivity contribution in [1.29, 1.82) is 0 Å². The molecule has 2 N–H and O–H groups in total. The van der Waals surface area contributed by atoms with Crippen LogP contribution < -0.4 is 14.9 Å². The zero-order valence-corrected chi connectivity index (χ0v) is 20.2. The van der Waals surface area contributed by atoms with Crippen molar-refractivity contribution in [2.24, 2.45) is 0 Å². The first-order valence-corrected chi connectivity index (χ1v) is 12.9. The molecule has 1 saturated heterocycles. The van der Waals surface area contributed by atoms with Gasteiger partial charge in [-0.3, -0.25) is 14.5 Å². The Hall–Kier alpha value is -2.83. The average molecular weight is 531 g/mol. The SMILES string of the molecule is Cc1sc(C(=O)Nc2cc(Cl)cc(NS(C)(=O)=O)c2)cc1-c1ncc(N2CC(F)(F)C2)cc1F. The number of amides is 1. The van der Waals surface area contributed by atoms with Crippen LogP contribution >= 0.6 is 22.9 Å². The third-order valence-corrected chi connectivity index (χ3v) is 6.77. The third kappa shape index (κ3) is 5.45. The van der Waals surface area contributed by atoms with Crippen LogP contribution in [-0.4, -0.2) is 44.6 Å². The number of pyridine rings is 1. The fraction of sp³-hybridized carbons (Fsp3) is 0.238. The largest absolute Gasteiger partial charge is 0.358 e. The van der Waals surface area contributed by atoms with Gasteiger partial charge in [-0.1, -0.05) is 11.6 Å². The molecule has 1 amide bonds. The molecule has 0 spiro atoms. The summed E-state index contributed by atoms with van der Waals surface area (Å²) in [7, 11) is -3.54. The molecule has 180 valence electrons. The maximum atomic E-state index is 14.8. The fourth-order valence-electron chi connectivity index (χ4n) is 3.45. The van der Waals surface area contributed by atoms with E-state index in [9.17, 15) is 26.4 Å². The van der Waals surface area contributed by atoms with Crippen LogP contribution in [0, 0.1) is 12.7 Å². The Balaban J connectivity index is 1.54. The van der Waals surface area contributed by atoms with E-state index in [0.29, 0.717) is 10.4 Å². The quantitative estimate of drug-likeness (QED) is 0.468. The number of alkyl halides is 2. The molecular formula is C21H18ClF3N4O3S2. The zero-order chi connectivity index (χ0) is 24.8. The summed E-state index contributed by atoms with van der Waals surface area (Å²) in [6.45, 7) is 0.732. The van der Waals surface area contributed by atoms with E-state index in [1.807, 2.05) is 0 Å². The number of nitrogens with zero attached hydrogens (tertiary/aromatic N) is 2. The molecule has 34 heavy (non-hydrogen) atoms. The van der Waals surface area contributed by atoms with Gasteiger partial charge in [0.1, 0.15) is 5.69 Å². The molecule has 13 heteroatoms. The lowest BCUT2D eigenvalue weighted by molar-refractivity contribution is -0.0263. The molecule has 1 fully saturated rings. The highest BCUT2D eigenvalue weighted by molar-refractivity contribution is 7.92. The maximum Gasteiger partial charge on any atom is 0.282 e. The van der Waals surface area contributed by atoms with Gasteiger partial charge in [0.15, 0.2) is 5.82 Å². The van der Waals surface area contributed by atoms with Crippen molar-refractivity contribution in [2.75, 3.05) is 34.3 Å². The van der Waals surface area contributed by atoms with Gasteiger partial charge in [-0.2, -0.15) is 0 Å². The monoisotopic (exact) mass is 530 g/mol. The smallest absolute Gasteiger partial charge is 0.282 e. The highest BCUT2D eigenvalue weighted by Gasteiger charge is 2.44. The zero-order valence-electron chi connectivity index (χ0n) is 17.8. The molecule has 3 heterocycles. The Labute approximate surface area is 202 Å². The van der Waals surface area contributed by atoms with Crippen LogP contribution in [0.5, 0.6) is 0 Å². The van der Waals surface area contributed by atoms with Gasteiger partial charge in [0.2, 0.25) is 10.0 Å². The predicted octanol–water partition coefficient (Wildman–Crippen LogP) is 4.99. The molecular weight excluding hydrogens is 513 g/mol. The summed E-state index contributed by atoms with van der Waals surface area (Å²) in [5.74, 6) is -3.98. The Morgan fingerprint density at radius 3 is 2.47 bits per heavy atom. The number of sulfonamides is 1. The number of rotatable bonds is 6. The molecule has 1 aliphatic heterocycles. The number of hydrogen-bond acceptors (Lipinski definition) is 6. The Kier molecular flexibility index (Phi) is 6.25. The van der Waals surface area contributed by atoms with Gasteiger partial charge in [0.25, 0.3) is 11.8 Å². The standard InChI is InChI=1S/C21H18ClF3N4O3S2/c1-11-16(19-17(23)6-15(8-26-19)29-9-21(24,25)10-29)7-18(33-11)20(30)27-13-3-12(22)4-14(5-13)28-34(2,31)32/h3-8,28H,9-10H2,1-2H3,(H,27,30). The molecule has 0 aliphatic carbocycles. The number of thiophene rings is 1. The minimum absolute atomic E-state index is 0.00577. The molecule has 7 nitrogen and oxygen atoms in total. The first-order chi connectivity index (χ1) is 15.8. The number of carbonyl (C=O) groups is 1. The van der Waals surface area contributed by atoms with E-state index in [2.05, 4.69) is 15.0 Å². The summed E-state index contributed by atoms with van der Waals surface area (Å²) in [6.07, 6.45) is 2.31. The second kappa shape index (κ2) is 8.75. The number of benzene rings is 1. The second-order valence-electron chi connectivity index (χ2n) is 7.87. The first-order valence-electron chi connectivity index (χ1n) is 9.78. The van der Waals surface area contributed by atoms with Gasteiger partial charge in [-0.25, -0.2) is 21.6 Å². The molecule has 2 aromatic heterocycles. The van der Waals surface area contributed by atoms with E-state index in [0.717, 1.165) is 23.7 Å². The number of anilines is 3. The molecule has 0 saturated carbocycles. The molecule has 0 radical (unpaired) electrons. The summed E-state index contributed by atoms with van der Waals surface area (Å²) in [5.41, 5.74) is 1.11. The van der Waals surface area contributed by atoms with Gasteiger partial charge in [0, 0.05) is 27.2 Å². The van der Waals surface area contributed by atoms with Gasteiger partial charge in [-0.05, 0) is 31.2 Å². The normalized spacial score (nSPS) is 15.1. The lowest BCUT2D eigenvalue weighted by atomic mass is 10.1. The van der Waals surface area contributed by atoms with Crippen LogP contribution in [0.15, 0.2) is 36.5 Å². The molecule has 1 aromatic carbocycles. The average Bonchev–Trinajstić information content (AvgIpc) is 3.05. The minimum Gasteiger partial charge on any atom is -0.358 e. The summed E-state index contributed by atoms with van der Waals surface area (Å²) < 4.78 is 66.2. The lowest BCUT2D eigenvalue weighted by Crippen LogP contribution is -2.56. The summed E-state index contributed by atoms with van der Waals surface area (Å²) in [4.78, 5) is 19.1.